The highest BCUT2D eigenvalue weighted by Crippen LogP contribution is 2.31. The van der Waals surface area contributed by atoms with Crippen molar-refractivity contribution in [3.63, 3.8) is 0 Å². The summed E-state index contributed by atoms with van der Waals surface area (Å²) in [4.78, 5) is 25.2. The van der Waals surface area contributed by atoms with Gasteiger partial charge in [0.15, 0.2) is 0 Å². The smallest absolute Gasteiger partial charge is 0.228 e. The molecule has 0 saturated heterocycles. The average molecular weight is 357 g/mol. The fourth-order valence-electron chi connectivity index (χ4n) is 2.82. The molecule has 134 valence electrons. The van der Waals surface area contributed by atoms with Crippen LogP contribution in [-0.4, -0.2) is 27.9 Å². The maximum absolute atomic E-state index is 12.1. The summed E-state index contributed by atoms with van der Waals surface area (Å²) >= 11 is 0. The van der Waals surface area contributed by atoms with Gasteiger partial charge in [0.25, 0.3) is 0 Å². The zero-order chi connectivity index (χ0) is 18.8. The van der Waals surface area contributed by atoms with Gasteiger partial charge in [0, 0.05) is 42.3 Å². The van der Waals surface area contributed by atoms with E-state index >= 15 is 0 Å². The minimum Gasteiger partial charge on any atom is -0.373 e. The Morgan fingerprint density at radius 2 is 2.00 bits per heavy atom. The van der Waals surface area contributed by atoms with E-state index in [4.69, 9.17) is 0 Å². The molecule has 3 aromatic rings. The van der Waals surface area contributed by atoms with Crippen molar-refractivity contribution in [2.24, 2.45) is 5.92 Å². The molecule has 0 atom stereocenters. The lowest BCUT2D eigenvalue weighted by Gasteiger charge is -2.09. The number of aromatic nitrogens is 3. The van der Waals surface area contributed by atoms with E-state index in [9.17, 15) is 4.79 Å². The van der Waals surface area contributed by atoms with Crippen LogP contribution in [0.25, 0.3) is 10.8 Å². The van der Waals surface area contributed by atoms with E-state index in [2.05, 4.69) is 37.4 Å². The lowest BCUT2D eigenvalue weighted by Crippen LogP contribution is -2.14. The zero-order valence-electron chi connectivity index (χ0n) is 15.2. The molecule has 1 aliphatic rings. The molecule has 27 heavy (non-hydrogen) atoms. The summed E-state index contributed by atoms with van der Waals surface area (Å²) in [5.74, 6) is 7.69. The van der Waals surface area contributed by atoms with Crippen molar-refractivity contribution in [1.82, 2.24) is 15.0 Å². The number of nitrogens with one attached hydrogen (secondary N) is 2. The first-order valence-electron chi connectivity index (χ1n) is 8.86. The molecule has 3 heterocycles. The second-order valence-corrected chi connectivity index (χ2v) is 6.57. The first-order valence-corrected chi connectivity index (χ1v) is 8.86. The number of amides is 1. The lowest BCUT2D eigenvalue weighted by molar-refractivity contribution is -0.117. The summed E-state index contributed by atoms with van der Waals surface area (Å²) in [6.07, 6.45) is 7.08. The Hall–Kier alpha value is -3.46. The number of anilines is 2. The van der Waals surface area contributed by atoms with Gasteiger partial charge in [0.1, 0.15) is 17.3 Å². The van der Waals surface area contributed by atoms with Gasteiger partial charge in [-0.3, -0.25) is 4.79 Å². The van der Waals surface area contributed by atoms with Crippen molar-refractivity contribution >= 4 is 28.3 Å². The van der Waals surface area contributed by atoms with Crippen molar-refractivity contribution in [2.45, 2.75) is 19.8 Å². The third kappa shape index (κ3) is 3.58. The quantitative estimate of drug-likeness (QED) is 0.704. The number of hydrogen-bond acceptors (Lipinski definition) is 5. The highest BCUT2D eigenvalue weighted by atomic mass is 16.2. The summed E-state index contributed by atoms with van der Waals surface area (Å²) < 4.78 is 0. The molecule has 0 bridgehead atoms. The van der Waals surface area contributed by atoms with Crippen LogP contribution >= 0.6 is 0 Å². The van der Waals surface area contributed by atoms with Gasteiger partial charge in [-0.2, -0.15) is 0 Å². The maximum Gasteiger partial charge on any atom is 0.228 e. The van der Waals surface area contributed by atoms with Crippen LogP contribution in [0, 0.1) is 24.7 Å². The molecule has 0 spiro atoms. The Bertz CT molecular complexity index is 1090. The Morgan fingerprint density at radius 1 is 1.15 bits per heavy atom. The number of carbonyl (C=O) groups is 1. The summed E-state index contributed by atoms with van der Waals surface area (Å²) in [6, 6.07) is 5.72. The first kappa shape index (κ1) is 17.0. The Morgan fingerprint density at radius 3 is 2.74 bits per heavy atom. The molecule has 2 N–H and O–H groups in total. The molecule has 4 rings (SSSR count). The van der Waals surface area contributed by atoms with E-state index in [1.807, 2.05) is 32.2 Å². The first-order chi connectivity index (χ1) is 13.2. The Labute approximate surface area is 157 Å². The van der Waals surface area contributed by atoms with Crippen LogP contribution in [0.2, 0.25) is 0 Å². The molecule has 1 aliphatic carbocycles. The largest absolute Gasteiger partial charge is 0.373 e. The van der Waals surface area contributed by atoms with Crippen LogP contribution < -0.4 is 10.6 Å². The van der Waals surface area contributed by atoms with Crippen LogP contribution in [0.15, 0.2) is 36.8 Å². The van der Waals surface area contributed by atoms with Crippen LogP contribution in [0.4, 0.5) is 11.6 Å². The molecule has 0 unspecified atom stereocenters. The fourth-order valence-corrected chi connectivity index (χ4v) is 2.82. The Kier molecular flexibility index (Phi) is 4.43. The molecule has 0 aromatic carbocycles. The molecular weight excluding hydrogens is 338 g/mol. The van der Waals surface area contributed by atoms with Gasteiger partial charge in [-0.1, -0.05) is 12.0 Å². The number of carbonyl (C=O) groups excluding carboxylic acids is 1. The van der Waals surface area contributed by atoms with Gasteiger partial charge in [-0.25, -0.2) is 15.0 Å². The van der Waals surface area contributed by atoms with E-state index in [0.29, 0.717) is 5.82 Å². The van der Waals surface area contributed by atoms with Gasteiger partial charge in [0.05, 0.1) is 5.56 Å². The number of rotatable bonds is 3. The topological polar surface area (TPSA) is 79.8 Å². The van der Waals surface area contributed by atoms with Gasteiger partial charge in [-0.05, 0) is 43.4 Å². The lowest BCUT2D eigenvalue weighted by atomic mass is 10.1. The highest BCUT2D eigenvalue weighted by Gasteiger charge is 2.29. The normalized spacial score (nSPS) is 13.0. The van der Waals surface area contributed by atoms with E-state index in [0.717, 1.165) is 46.3 Å². The predicted molar refractivity (Wildman–Crippen MR) is 105 cm³/mol. The van der Waals surface area contributed by atoms with Gasteiger partial charge < -0.3 is 10.6 Å². The second-order valence-electron chi connectivity index (χ2n) is 6.57. The van der Waals surface area contributed by atoms with Crippen LogP contribution in [0.3, 0.4) is 0 Å². The van der Waals surface area contributed by atoms with Gasteiger partial charge >= 0.3 is 0 Å². The third-order valence-corrected chi connectivity index (χ3v) is 4.53. The van der Waals surface area contributed by atoms with Crippen molar-refractivity contribution in [3.05, 3.63) is 53.6 Å². The van der Waals surface area contributed by atoms with Crippen LogP contribution in [0.1, 0.15) is 29.7 Å². The van der Waals surface area contributed by atoms with Crippen molar-refractivity contribution < 1.29 is 4.79 Å². The fraction of sp³-hybridized carbons (Fsp3) is 0.238. The van der Waals surface area contributed by atoms with E-state index in [-0.39, 0.29) is 11.8 Å². The minimum absolute atomic E-state index is 0.0292. The molecule has 0 aliphatic heterocycles. The molecular formula is C21H19N5O. The van der Waals surface area contributed by atoms with Crippen molar-refractivity contribution in [3.8, 4) is 11.8 Å². The number of fused-ring (bicyclic) bond motifs is 1. The number of pyridine rings is 3. The van der Waals surface area contributed by atoms with E-state index in [1.54, 1.807) is 18.6 Å². The third-order valence-electron chi connectivity index (χ3n) is 4.53. The average Bonchev–Trinajstić information content (AvgIpc) is 3.52. The van der Waals surface area contributed by atoms with Crippen molar-refractivity contribution in [1.29, 1.82) is 0 Å². The predicted octanol–water partition coefficient (Wildman–Crippen LogP) is 3.12. The van der Waals surface area contributed by atoms with E-state index in [1.165, 1.54) is 0 Å². The number of nitrogens with zero attached hydrogens (tertiary/aromatic N) is 3. The summed E-state index contributed by atoms with van der Waals surface area (Å²) in [5.41, 5.74) is 2.52. The number of hydrogen-bond donors (Lipinski definition) is 2. The summed E-state index contributed by atoms with van der Waals surface area (Å²) in [6.45, 7) is 1.98. The Balaban J connectivity index is 1.77. The molecule has 6 heteroatoms. The standard InChI is InChI=1S/C21H19N5O/c1-13-4-3-9-23-18(13)8-7-15-11-25-20(22-2)17-12-24-19(10-16(15)17)26-21(27)14-5-6-14/h3-4,9-12,14H,5-6H2,1-2H3,(H,22,25)(H,24,26,27). The summed E-state index contributed by atoms with van der Waals surface area (Å²) in [7, 11) is 1.81. The van der Waals surface area contributed by atoms with Crippen LogP contribution in [0.5, 0.6) is 0 Å². The highest BCUT2D eigenvalue weighted by molar-refractivity contribution is 5.99. The zero-order valence-corrected chi connectivity index (χ0v) is 15.2. The van der Waals surface area contributed by atoms with Gasteiger partial charge in [-0.15, -0.1) is 0 Å². The molecule has 1 fully saturated rings. The molecule has 1 amide bonds. The minimum atomic E-state index is 0.0292. The van der Waals surface area contributed by atoms with E-state index < -0.39 is 0 Å². The maximum atomic E-state index is 12.1. The number of aryl methyl sites for hydroxylation is 1. The molecule has 6 nitrogen and oxygen atoms in total. The SMILES string of the molecule is CNc1ncc(C#Cc2ncccc2C)c2cc(NC(=O)C3CC3)ncc12. The monoisotopic (exact) mass is 357 g/mol. The molecule has 1 saturated carbocycles. The second kappa shape index (κ2) is 7.04. The molecule has 0 radical (unpaired) electrons. The van der Waals surface area contributed by atoms with Gasteiger partial charge in [0.2, 0.25) is 5.91 Å². The van der Waals surface area contributed by atoms with Crippen LogP contribution in [-0.2, 0) is 4.79 Å². The van der Waals surface area contributed by atoms with Crippen molar-refractivity contribution in [2.75, 3.05) is 17.7 Å². The molecule has 3 aromatic heterocycles. The summed E-state index contributed by atoms with van der Waals surface area (Å²) in [5, 5.41) is 7.70.